The maximum atomic E-state index is 3.86. The van der Waals surface area contributed by atoms with Gasteiger partial charge in [-0.05, 0) is 19.1 Å². The third-order valence-electron chi connectivity index (χ3n) is 0.862. The normalized spacial score (nSPS) is 16.8. The molecule has 0 aromatic carbocycles. The average Bonchev–Trinajstić information content (AvgIpc) is 1.79. The van der Waals surface area contributed by atoms with E-state index in [9.17, 15) is 0 Å². The first-order valence-corrected chi connectivity index (χ1v) is 2.64. The fourth-order valence-corrected chi connectivity index (χ4v) is 0.455. The summed E-state index contributed by atoms with van der Waals surface area (Å²) < 4.78 is 0. The van der Waals surface area contributed by atoms with Gasteiger partial charge in [0.2, 0.25) is 0 Å². The van der Waals surface area contributed by atoms with Crippen molar-refractivity contribution in [2.75, 3.05) is 0 Å². The van der Waals surface area contributed by atoms with Gasteiger partial charge in [-0.2, -0.15) is 0 Å². The topological polar surface area (TPSA) is 24.7 Å². The zero-order valence-corrected chi connectivity index (χ0v) is 4.99. The maximum absolute atomic E-state index is 3.86. The fourth-order valence-electron chi connectivity index (χ4n) is 0.455. The SMILES string of the molecule is [CH2]C1=CC=CC=NC=N1. The molecule has 0 fully saturated rings. The van der Waals surface area contributed by atoms with E-state index in [4.69, 9.17) is 0 Å². The first-order valence-electron chi connectivity index (χ1n) is 2.64. The van der Waals surface area contributed by atoms with Gasteiger partial charge in [0.1, 0.15) is 6.34 Å². The Morgan fingerprint density at radius 3 is 3.11 bits per heavy atom. The predicted octanol–water partition coefficient (Wildman–Crippen LogP) is 1.37. The van der Waals surface area contributed by atoms with Crippen LogP contribution in [0.4, 0.5) is 0 Å². The molecule has 2 heteroatoms. The van der Waals surface area contributed by atoms with Gasteiger partial charge in [-0.1, -0.05) is 6.08 Å². The van der Waals surface area contributed by atoms with Crippen LogP contribution < -0.4 is 0 Å². The van der Waals surface area contributed by atoms with Gasteiger partial charge in [0.05, 0.1) is 0 Å². The number of rotatable bonds is 0. The van der Waals surface area contributed by atoms with Gasteiger partial charge >= 0.3 is 0 Å². The molecule has 0 N–H and O–H groups in total. The first-order chi connectivity index (χ1) is 4.39. The van der Waals surface area contributed by atoms with E-state index in [1.807, 2.05) is 18.2 Å². The Bertz CT molecular complexity index is 197. The summed E-state index contributed by atoms with van der Waals surface area (Å²) in [5.41, 5.74) is 0.725. The molecule has 0 aromatic rings. The van der Waals surface area contributed by atoms with Gasteiger partial charge in [0, 0.05) is 11.9 Å². The molecule has 0 aliphatic carbocycles. The van der Waals surface area contributed by atoms with Gasteiger partial charge in [0.25, 0.3) is 0 Å². The Morgan fingerprint density at radius 1 is 1.33 bits per heavy atom. The van der Waals surface area contributed by atoms with E-state index in [-0.39, 0.29) is 0 Å². The van der Waals surface area contributed by atoms with Crippen LogP contribution in [0.1, 0.15) is 0 Å². The lowest BCUT2D eigenvalue weighted by Gasteiger charge is -1.87. The van der Waals surface area contributed by atoms with Crippen LogP contribution in [0, 0.1) is 6.92 Å². The molecule has 0 amide bonds. The molecule has 1 aliphatic rings. The summed E-state index contributed by atoms with van der Waals surface area (Å²) in [5.74, 6) is 0. The van der Waals surface area contributed by atoms with Crippen molar-refractivity contribution in [2.24, 2.45) is 9.98 Å². The van der Waals surface area contributed by atoms with Crippen LogP contribution in [-0.2, 0) is 0 Å². The van der Waals surface area contributed by atoms with Crippen molar-refractivity contribution >= 4 is 12.6 Å². The molecule has 0 saturated heterocycles. The van der Waals surface area contributed by atoms with E-state index in [0.717, 1.165) is 5.70 Å². The fraction of sp³-hybridized carbons (Fsp3) is 0. The van der Waals surface area contributed by atoms with Gasteiger partial charge in [-0.3, -0.25) is 0 Å². The van der Waals surface area contributed by atoms with Crippen LogP contribution >= 0.6 is 0 Å². The van der Waals surface area contributed by atoms with Crippen LogP contribution in [0.5, 0.6) is 0 Å². The summed E-state index contributed by atoms with van der Waals surface area (Å²) in [6.07, 6.45) is 8.65. The standard InChI is InChI=1S/C7H7N2/c1-7-4-2-3-5-8-6-9-7/h2-6H,1H2. The molecule has 2 nitrogen and oxygen atoms in total. The second-order valence-electron chi connectivity index (χ2n) is 1.59. The summed E-state index contributed by atoms with van der Waals surface area (Å²) >= 11 is 0. The Kier molecular flexibility index (Phi) is 1.96. The molecule has 0 bridgehead atoms. The molecule has 0 saturated carbocycles. The van der Waals surface area contributed by atoms with Crippen molar-refractivity contribution in [1.82, 2.24) is 0 Å². The lowest BCUT2D eigenvalue weighted by Crippen LogP contribution is -1.75. The summed E-state index contributed by atoms with van der Waals surface area (Å²) in [6, 6.07) is 0. The van der Waals surface area contributed by atoms with Crippen LogP contribution in [0.3, 0.4) is 0 Å². The van der Waals surface area contributed by atoms with E-state index in [2.05, 4.69) is 16.9 Å². The average molecular weight is 119 g/mol. The lowest BCUT2D eigenvalue weighted by atomic mass is 10.4. The molecule has 0 unspecified atom stereocenters. The highest BCUT2D eigenvalue weighted by atomic mass is 14.8. The highest BCUT2D eigenvalue weighted by Crippen LogP contribution is 1.93. The minimum Gasteiger partial charge on any atom is -0.245 e. The van der Waals surface area contributed by atoms with Crippen LogP contribution in [0.2, 0.25) is 0 Å². The number of nitrogens with zero attached hydrogens (tertiary/aromatic N) is 2. The Labute approximate surface area is 54.3 Å². The zero-order chi connectivity index (χ0) is 6.53. The summed E-state index contributed by atoms with van der Waals surface area (Å²) in [5, 5.41) is 0. The quantitative estimate of drug-likeness (QED) is 0.460. The van der Waals surface area contributed by atoms with Crippen molar-refractivity contribution < 1.29 is 0 Å². The van der Waals surface area contributed by atoms with Crippen molar-refractivity contribution in [1.29, 1.82) is 0 Å². The van der Waals surface area contributed by atoms with E-state index in [0.29, 0.717) is 0 Å². The van der Waals surface area contributed by atoms with Crippen LogP contribution in [0.15, 0.2) is 33.9 Å². The van der Waals surface area contributed by atoms with Gasteiger partial charge in [-0.15, -0.1) is 0 Å². The smallest absolute Gasteiger partial charge is 0.115 e. The molecule has 0 spiro atoms. The lowest BCUT2D eigenvalue weighted by molar-refractivity contribution is 1.41. The molecule has 1 heterocycles. The van der Waals surface area contributed by atoms with E-state index < -0.39 is 0 Å². The Hall–Kier alpha value is -1.18. The highest BCUT2D eigenvalue weighted by Gasteiger charge is 1.78. The third kappa shape index (κ3) is 2.04. The monoisotopic (exact) mass is 119 g/mol. The third-order valence-corrected chi connectivity index (χ3v) is 0.862. The second kappa shape index (κ2) is 2.97. The van der Waals surface area contributed by atoms with Crippen molar-refractivity contribution in [3.63, 3.8) is 0 Å². The van der Waals surface area contributed by atoms with E-state index in [1.165, 1.54) is 6.34 Å². The molecule has 0 atom stereocenters. The van der Waals surface area contributed by atoms with Crippen molar-refractivity contribution in [2.45, 2.75) is 0 Å². The molecule has 1 rings (SSSR count). The predicted molar refractivity (Wildman–Crippen MR) is 39.6 cm³/mol. The first kappa shape index (κ1) is 5.95. The van der Waals surface area contributed by atoms with Crippen LogP contribution in [-0.4, -0.2) is 12.6 Å². The Morgan fingerprint density at radius 2 is 2.22 bits per heavy atom. The van der Waals surface area contributed by atoms with Gasteiger partial charge in [0.15, 0.2) is 0 Å². The zero-order valence-electron chi connectivity index (χ0n) is 4.99. The molecule has 9 heavy (non-hydrogen) atoms. The molecule has 0 aromatic heterocycles. The van der Waals surface area contributed by atoms with Crippen LogP contribution in [0.25, 0.3) is 0 Å². The molecule has 1 radical (unpaired) electrons. The molecule has 1 aliphatic heterocycles. The summed E-state index contributed by atoms with van der Waals surface area (Å²) in [7, 11) is 0. The van der Waals surface area contributed by atoms with Crippen molar-refractivity contribution in [3.05, 3.63) is 30.8 Å². The Balaban J connectivity index is 2.77. The number of hydrogen-bond donors (Lipinski definition) is 0. The minimum absolute atomic E-state index is 0.725. The van der Waals surface area contributed by atoms with Gasteiger partial charge < -0.3 is 0 Å². The van der Waals surface area contributed by atoms with E-state index >= 15 is 0 Å². The largest absolute Gasteiger partial charge is 0.245 e. The molecular weight excluding hydrogens is 112 g/mol. The highest BCUT2D eigenvalue weighted by molar-refractivity contribution is 5.81. The van der Waals surface area contributed by atoms with Gasteiger partial charge in [-0.25, -0.2) is 9.98 Å². The minimum atomic E-state index is 0.725. The van der Waals surface area contributed by atoms with E-state index in [1.54, 1.807) is 6.21 Å². The maximum Gasteiger partial charge on any atom is 0.115 e. The van der Waals surface area contributed by atoms with Crippen molar-refractivity contribution in [3.8, 4) is 0 Å². The number of hydrogen-bond acceptors (Lipinski definition) is 2. The molecular formula is C7H7N2. The summed E-state index contributed by atoms with van der Waals surface area (Å²) in [4.78, 5) is 7.66. The number of aliphatic imine (C=N–C) groups is 2. The summed E-state index contributed by atoms with van der Waals surface area (Å²) in [6.45, 7) is 3.64. The number of allylic oxidation sites excluding steroid dienone is 4. The second-order valence-corrected chi connectivity index (χ2v) is 1.59. The molecule has 45 valence electrons.